The second-order valence-corrected chi connectivity index (χ2v) is 8.75. The number of morpholine rings is 1. The second-order valence-electron chi connectivity index (χ2n) is 8.75. The monoisotopic (exact) mass is 464 g/mol. The van der Waals surface area contributed by atoms with E-state index in [0.29, 0.717) is 43.4 Å². The molecule has 1 N–H and O–H groups in total. The number of rotatable bonds is 5. The number of aryl methyl sites for hydroxylation is 2. The maximum Gasteiger partial charge on any atom is 0.306 e. The summed E-state index contributed by atoms with van der Waals surface area (Å²) < 4.78 is 21.6. The van der Waals surface area contributed by atoms with Gasteiger partial charge in [0.05, 0.1) is 32.3 Å². The van der Waals surface area contributed by atoms with Crippen LogP contribution in [0, 0.1) is 13.8 Å². The fourth-order valence-electron chi connectivity index (χ4n) is 4.81. The van der Waals surface area contributed by atoms with Gasteiger partial charge >= 0.3 is 5.97 Å². The molecule has 0 spiro atoms. The summed E-state index contributed by atoms with van der Waals surface area (Å²) in [5.74, 6) is 0.957. The van der Waals surface area contributed by atoms with Gasteiger partial charge in [0, 0.05) is 41.6 Å². The molecule has 0 aliphatic carbocycles. The summed E-state index contributed by atoms with van der Waals surface area (Å²) in [5.41, 5.74) is 4.55. The van der Waals surface area contributed by atoms with E-state index < -0.39 is 5.92 Å². The maximum atomic E-state index is 12.6. The number of pyridine rings is 1. The zero-order chi connectivity index (χ0) is 23.8. The van der Waals surface area contributed by atoms with Crippen LogP contribution in [-0.4, -0.2) is 56.3 Å². The van der Waals surface area contributed by atoms with E-state index in [2.05, 4.69) is 36.9 Å². The second kappa shape index (κ2) is 9.02. The van der Waals surface area contributed by atoms with Crippen molar-refractivity contribution >= 4 is 22.7 Å². The predicted octanol–water partition coefficient (Wildman–Crippen LogP) is 3.82. The van der Waals surface area contributed by atoms with Crippen molar-refractivity contribution in [2.45, 2.75) is 26.2 Å². The molecule has 8 nitrogen and oxygen atoms in total. The number of fused-ring (bicyclic) bond motifs is 2. The lowest BCUT2D eigenvalue weighted by Gasteiger charge is -2.32. The van der Waals surface area contributed by atoms with E-state index in [-0.39, 0.29) is 24.9 Å². The van der Waals surface area contributed by atoms with Gasteiger partial charge in [-0.2, -0.15) is 0 Å². The first-order valence-electron chi connectivity index (χ1n) is 11.4. The Hall–Kier alpha value is -3.52. The third-order valence-electron chi connectivity index (χ3n) is 6.44. The zero-order valence-corrected chi connectivity index (χ0v) is 19.6. The van der Waals surface area contributed by atoms with Crippen LogP contribution in [0.3, 0.4) is 0 Å². The van der Waals surface area contributed by atoms with Gasteiger partial charge in [-0.3, -0.25) is 4.79 Å². The molecule has 1 saturated heterocycles. The number of carbonyl (C=O) groups excluding carboxylic acids is 1. The van der Waals surface area contributed by atoms with Crippen LogP contribution in [0.15, 0.2) is 30.3 Å². The van der Waals surface area contributed by atoms with E-state index in [1.807, 2.05) is 0 Å². The molecule has 3 heterocycles. The van der Waals surface area contributed by atoms with Crippen LogP contribution < -0.4 is 14.4 Å². The largest absolute Gasteiger partial charge is 0.508 e. The molecular weight excluding hydrogens is 436 g/mol. The molecule has 0 radical (unpaired) electrons. The van der Waals surface area contributed by atoms with E-state index in [0.717, 1.165) is 33.4 Å². The molecule has 8 heteroatoms. The summed E-state index contributed by atoms with van der Waals surface area (Å²) in [4.78, 5) is 19.8. The molecule has 3 aromatic rings. The van der Waals surface area contributed by atoms with E-state index in [9.17, 15) is 9.90 Å². The summed E-state index contributed by atoms with van der Waals surface area (Å²) in [6, 6.07) is 9.59. The van der Waals surface area contributed by atoms with Crippen LogP contribution in [0.2, 0.25) is 0 Å². The maximum absolute atomic E-state index is 12.6. The van der Waals surface area contributed by atoms with Crippen LogP contribution in [0.25, 0.3) is 10.9 Å². The van der Waals surface area contributed by atoms with Crippen molar-refractivity contribution in [1.82, 2.24) is 4.98 Å². The minimum absolute atomic E-state index is 0.0339. The lowest BCUT2D eigenvalue weighted by molar-refractivity contribution is -0.140. The molecule has 178 valence electrons. The van der Waals surface area contributed by atoms with Crippen molar-refractivity contribution in [3.8, 4) is 17.2 Å². The highest BCUT2D eigenvalue weighted by molar-refractivity contribution is 5.86. The Balaban J connectivity index is 1.74. The van der Waals surface area contributed by atoms with Crippen molar-refractivity contribution in [3.05, 3.63) is 52.6 Å². The minimum atomic E-state index is -0.502. The number of phenolic OH excluding ortho intramolecular Hbond substituents is 1. The number of hydrogen-bond acceptors (Lipinski definition) is 8. The fraction of sp³-hybridized carbons (Fsp3) is 0.385. The number of ether oxygens (including phenoxy) is 4. The number of carbonyl (C=O) groups is 1. The lowest BCUT2D eigenvalue weighted by atomic mass is 9.86. The molecule has 1 fully saturated rings. The topological polar surface area (TPSA) is 90.4 Å². The molecule has 1 atom stereocenters. The Bertz CT molecular complexity index is 1250. The predicted molar refractivity (Wildman–Crippen MR) is 127 cm³/mol. The van der Waals surface area contributed by atoms with Crippen molar-refractivity contribution < 1.29 is 28.8 Å². The number of benzene rings is 2. The number of aromatic nitrogens is 1. The number of methoxy groups -OCH3 is 1. The highest BCUT2D eigenvalue weighted by Crippen LogP contribution is 2.45. The van der Waals surface area contributed by atoms with E-state index >= 15 is 0 Å². The van der Waals surface area contributed by atoms with Gasteiger partial charge in [0.2, 0.25) is 6.79 Å². The summed E-state index contributed by atoms with van der Waals surface area (Å²) in [6.07, 6.45) is 0.0407. The van der Waals surface area contributed by atoms with Crippen molar-refractivity contribution in [1.29, 1.82) is 0 Å². The van der Waals surface area contributed by atoms with Gasteiger partial charge < -0.3 is 29.0 Å². The first-order valence-corrected chi connectivity index (χ1v) is 11.4. The third-order valence-corrected chi connectivity index (χ3v) is 6.44. The minimum Gasteiger partial charge on any atom is -0.508 e. The Morgan fingerprint density at radius 2 is 1.82 bits per heavy atom. The number of anilines is 1. The van der Waals surface area contributed by atoms with Crippen LogP contribution in [-0.2, 0) is 14.3 Å². The molecule has 2 aliphatic heterocycles. The Morgan fingerprint density at radius 3 is 2.56 bits per heavy atom. The molecular formula is C26H28N2O6. The molecule has 0 amide bonds. The van der Waals surface area contributed by atoms with Crippen molar-refractivity contribution in [2.75, 3.05) is 45.1 Å². The number of phenols is 1. The third kappa shape index (κ3) is 4.09. The standard InChI is InChI=1S/C26H28N2O6/c1-15-8-16(2)25-17(9-15)10-20(26(27-25)28-4-6-32-7-5-28)18(12-24(30)31-3)19-11-22-23(13-21(19)29)34-14-33-22/h8-11,13,18,29H,4-7,12,14H2,1-3H3/t18-/m1/s1. The normalized spacial score (nSPS) is 16.0. The molecule has 0 bridgehead atoms. The van der Waals surface area contributed by atoms with Gasteiger partial charge in [-0.1, -0.05) is 11.6 Å². The number of hydrogen-bond donors (Lipinski definition) is 1. The first-order chi connectivity index (χ1) is 16.4. The Morgan fingerprint density at radius 1 is 1.09 bits per heavy atom. The number of esters is 1. The van der Waals surface area contributed by atoms with Crippen molar-refractivity contribution in [2.24, 2.45) is 0 Å². The number of aromatic hydroxyl groups is 1. The average Bonchev–Trinajstić information content (AvgIpc) is 3.29. The van der Waals surface area contributed by atoms with E-state index in [4.69, 9.17) is 23.9 Å². The Kier molecular flexibility index (Phi) is 5.91. The van der Waals surface area contributed by atoms with Crippen LogP contribution >= 0.6 is 0 Å². The molecule has 2 aromatic carbocycles. The smallest absolute Gasteiger partial charge is 0.306 e. The van der Waals surface area contributed by atoms with Gasteiger partial charge in [-0.15, -0.1) is 0 Å². The summed E-state index contributed by atoms with van der Waals surface area (Å²) in [7, 11) is 1.37. The summed E-state index contributed by atoms with van der Waals surface area (Å²) in [6.45, 7) is 6.78. The van der Waals surface area contributed by atoms with Crippen molar-refractivity contribution in [3.63, 3.8) is 0 Å². The van der Waals surface area contributed by atoms with Gasteiger partial charge in [0.1, 0.15) is 11.6 Å². The zero-order valence-electron chi connectivity index (χ0n) is 19.6. The molecule has 2 aliphatic rings. The van der Waals surface area contributed by atoms with Gasteiger partial charge in [-0.25, -0.2) is 4.98 Å². The average molecular weight is 465 g/mol. The van der Waals surface area contributed by atoms with Crippen LogP contribution in [0.4, 0.5) is 5.82 Å². The highest BCUT2D eigenvalue weighted by Gasteiger charge is 2.30. The SMILES string of the molecule is COC(=O)C[C@H](c1cc2c(cc1O)OCO2)c1cc2cc(C)cc(C)c2nc1N1CCOCC1. The van der Waals surface area contributed by atoms with Crippen LogP contribution in [0.1, 0.15) is 34.6 Å². The first kappa shape index (κ1) is 22.3. The summed E-state index contributed by atoms with van der Waals surface area (Å²) in [5, 5.41) is 11.9. The fourth-order valence-corrected chi connectivity index (χ4v) is 4.81. The Labute approximate surface area is 198 Å². The molecule has 1 aromatic heterocycles. The van der Waals surface area contributed by atoms with Crippen LogP contribution in [0.5, 0.6) is 17.2 Å². The number of nitrogens with zero attached hydrogens (tertiary/aromatic N) is 2. The molecule has 0 saturated carbocycles. The van der Waals surface area contributed by atoms with Gasteiger partial charge in [0.15, 0.2) is 11.5 Å². The molecule has 34 heavy (non-hydrogen) atoms. The summed E-state index contributed by atoms with van der Waals surface area (Å²) >= 11 is 0. The van der Waals surface area contributed by atoms with Gasteiger partial charge in [-0.05, 0) is 37.6 Å². The molecule has 5 rings (SSSR count). The van der Waals surface area contributed by atoms with E-state index in [1.54, 1.807) is 12.1 Å². The van der Waals surface area contributed by atoms with Gasteiger partial charge in [0.25, 0.3) is 0 Å². The highest BCUT2D eigenvalue weighted by atomic mass is 16.7. The quantitative estimate of drug-likeness (QED) is 0.570. The molecule has 0 unspecified atom stereocenters. The lowest BCUT2D eigenvalue weighted by Crippen LogP contribution is -2.37. The van der Waals surface area contributed by atoms with E-state index in [1.165, 1.54) is 7.11 Å².